The Balaban J connectivity index is 2.43. The van der Waals surface area contributed by atoms with Gasteiger partial charge in [0.1, 0.15) is 0 Å². The molecular weight excluding hydrogens is 236 g/mol. The average Bonchev–Trinajstić information content (AvgIpc) is 2.45. The van der Waals surface area contributed by atoms with Crippen LogP contribution in [0.3, 0.4) is 0 Å². The number of hydrogen-bond acceptors (Lipinski definition) is 1. The Bertz CT molecular complexity index is 554. The molecule has 0 atom stereocenters. The van der Waals surface area contributed by atoms with Crippen LogP contribution in [0.5, 0.6) is 0 Å². The number of carbonyl (C=O) groups is 1. The standard InChI is InChI=1S/C17H14O2/c18-17(19)13-7-12-16(14-8-3-1-4-9-14)15-10-5-2-6-11-15/h1-13H,(H,18,19)/b13-7-. The molecule has 0 aromatic heterocycles. The van der Waals surface area contributed by atoms with Gasteiger partial charge in [-0.1, -0.05) is 72.8 Å². The van der Waals surface area contributed by atoms with Crippen LogP contribution >= 0.6 is 0 Å². The lowest BCUT2D eigenvalue weighted by Gasteiger charge is -2.07. The highest BCUT2D eigenvalue weighted by atomic mass is 16.4. The maximum Gasteiger partial charge on any atom is 0.328 e. The number of allylic oxidation sites excluding steroid dienone is 2. The smallest absolute Gasteiger partial charge is 0.328 e. The molecule has 0 aliphatic rings. The Morgan fingerprint density at radius 3 is 1.74 bits per heavy atom. The number of rotatable bonds is 4. The van der Waals surface area contributed by atoms with Gasteiger partial charge in [0.25, 0.3) is 0 Å². The van der Waals surface area contributed by atoms with Gasteiger partial charge in [-0.3, -0.25) is 0 Å². The van der Waals surface area contributed by atoms with Crippen LogP contribution in [-0.4, -0.2) is 11.1 Å². The molecule has 2 aromatic rings. The van der Waals surface area contributed by atoms with Crippen molar-refractivity contribution < 1.29 is 9.90 Å². The van der Waals surface area contributed by atoms with E-state index in [1.54, 1.807) is 6.08 Å². The van der Waals surface area contributed by atoms with Gasteiger partial charge in [0.2, 0.25) is 0 Å². The molecule has 94 valence electrons. The first-order chi connectivity index (χ1) is 9.27. The molecule has 0 bridgehead atoms. The van der Waals surface area contributed by atoms with E-state index in [9.17, 15) is 4.79 Å². The first-order valence-corrected chi connectivity index (χ1v) is 5.99. The Labute approximate surface area is 112 Å². The van der Waals surface area contributed by atoms with Crippen molar-refractivity contribution in [3.8, 4) is 0 Å². The SMILES string of the molecule is O=C(O)/C=C\C=C(c1ccccc1)c1ccccc1. The van der Waals surface area contributed by atoms with Crippen molar-refractivity contribution in [1.82, 2.24) is 0 Å². The van der Waals surface area contributed by atoms with Crippen molar-refractivity contribution in [2.75, 3.05) is 0 Å². The number of hydrogen-bond donors (Lipinski definition) is 1. The zero-order valence-electron chi connectivity index (χ0n) is 10.4. The van der Waals surface area contributed by atoms with Crippen molar-refractivity contribution >= 4 is 11.5 Å². The third-order valence-electron chi connectivity index (χ3n) is 2.67. The zero-order valence-corrected chi connectivity index (χ0v) is 10.4. The van der Waals surface area contributed by atoms with Crippen molar-refractivity contribution in [3.63, 3.8) is 0 Å². The molecule has 0 aliphatic heterocycles. The van der Waals surface area contributed by atoms with E-state index in [1.165, 1.54) is 0 Å². The first-order valence-electron chi connectivity index (χ1n) is 5.99. The predicted octanol–water partition coefficient (Wildman–Crippen LogP) is 3.76. The van der Waals surface area contributed by atoms with E-state index >= 15 is 0 Å². The van der Waals surface area contributed by atoms with Gasteiger partial charge in [0.05, 0.1) is 0 Å². The van der Waals surface area contributed by atoms with E-state index in [-0.39, 0.29) is 0 Å². The summed E-state index contributed by atoms with van der Waals surface area (Å²) in [6, 6.07) is 19.8. The molecule has 0 spiro atoms. The summed E-state index contributed by atoms with van der Waals surface area (Å²) in [6.45, 7) is 0. The lowest BCUT2D eigenvalue weighted by Crippen LogP contribution is -1.88. The lowest BCUT2D eigenvalue weighted by atomic mass is 9.97. The second-order valence-corrected chi connectivity index (χ2v) is 4.01. The first kappa shape index (κ1) is 12.8. The zero-order chi connectivity index (χ0) is 13.5. The van der Waals surface area contributed by atoms with Crippen LogP contribution in [0.4, 0.5) is 0 Å². The molecule has 2 nitrogen and oxygen atoms in total. The van der Waals surface area contributed by atoms with Crippen LogP contribution in [0.2, 0.25) is 0 Å². The molecule has 0 saturated carbocycles. The summed E-state index contributed by atoms with van der Waals surface area (Å²) in [4.78, 5) is 10.5. The summed E-state index contributed by atoms with van der Waals surface area (Å²) in [6.07, 6.45) is 4.50. The molecule has 0 amide bonds. The average molecular weight is 250 g/mol. The fraction of sp³-hybridized carbons (Fsp3) is 0. The van der Waals surface area contributed by atoms with Crippen molar-refractivity contribution in [1.29, 1.82) is 0 Å². The Morgan fingerprint density at radius 1 is 0.842 bits per heavy atom. The summed E-state index contributed by atoms with van der Waals surface area (Å²) in [7, 11) is 0. The molecule has 19 heavy (non-hydrogen) atoms. The maximum absolute atomic E-state index is 10.5. The highest BCUT2D eigenvalue weighted by molar-refractivity contribution is 5.83. The third kappa shape index (κ3) is 3.68. The number of carboxylic acid groups (broad SMARTS) is 1. The molecular formula is C17H14O2. The van der Waals surface area contributed by atoms with E-state index in [0.717, 1.165) is 22.8 Å². The topological polar surface area (TPSA) is 37.3 Å². The molecule has 2 heteroatoms. The Hall–Kier alpha value is -2.61. The lowest BCUT2D eigenvalue weighted by molar-refractivity contribution is -0.131. The van der Waals surface area contributed by atoms with Crippen LogP contribution in [0, 0.1) is 0 Å². The van der Waals surface area contributed by atoms with E-state index in [4.69, 9.17) is 5.11 Å². The molecule has 2 rings (SSSR count). The molecule has 1 N–H and O–H groups in total. The second-order valence-electron chi connectivity index (χ2n) is 4.01. The predicted molar refractivity (Wildman–Crippen MR) is 76.7 cm³/mol. The Morgan fingerprint density at radius 2 is 1.32 bits per heavy atom. The van der Waals surface area contributed by atoms with Gasteiger partial charge in [0, 0.05) is 6.08 Å². The summed E-state index contributed by atoms with van der Waals surface area (Å²) in [5, 5.41) is 8.65. The fourth-order valence-corrected chi connectivity index (χ4v) is 1.82. The molecule has 2 aromatic carbocycles. The van der Waals surface area contributed by atoms with E-state index in [1.807, 2.05) is 66.7 Å². The van der Waals surface area contributed by atoms with E-state index in [0.29, 0.717) is 0 Å². The summed E-state index contributed by atoms with van der Waals surface area (Å²) < 4.78 is 0. The van der Waals surface area contributed by atoms with Gasteiger partial charge in [-0.05, 0) is 16.7 Å². The maximum atomic E-state index is 10.5. The Kier molecular flexibility index (Phi) is 4.29. The van der Waals surface area contributed by atoms with Gasteiger partial charge in [-0.25, -0.2) is 4.79 Å². The fourth-order valence-electron chi connectivity index (χ4n) is 1.82. The van der Waals surface area contributed by atoms with Gasteiger partial charge in [-0.15, -0.1) is 0 Å². The summed E-state index contributed by atoms with van der Waals surface area (Å²) >= 11 is 0. The number of aliphatic carboxylic acids is 1. The van der Waals surface area contributed by atoms with Crippen LogP contribution in [0.25, 0.3) is 5.57 Å². The van der Waals surface area contributed by atoms with Crippen molar-refractivity contribution in [2.45, 2.75) is 0 Å². The van der Waals surface area contributed by atoms with Gasteiger partial charge >= 0.3 is 5.97 Å². The molecule has 0 radical (unpaired) electrons. The van der Waals surface area contributed by atoms with Crippen LogP contribution in [0.15, 0.2) is 78.9 Å². The number of carboxylic acids is 1. The summed E-state index contributed by atoms with van der Waals surface area (Å²) in [5.41, 5.74) is 3.12. The second kappa shape index (κ2) is 6.36. The van der Waals surface area contributed by atoms with Crippen molar-refractivity contribution in [2.24, 2.45) is 0 Å². The summed E-state index contributed by atoms with van der Waals surface area (Å²) in [5.74, 6) is -0.947. The van der Waals surface area contributed by atoms with Gasteiger partial charge in [0.15, 0.2) is 0 Å². The van der Waals surface area contributed by atoms with Crippen LogP contribution < -0.4 is 0 Å². The van der Waals surface area contributed by atoms with Crippen molar-refractivity contribution in [3.05, 3.63) is 90.0 Å². The van der Waals surface area contributed by atoms with Gasteiger partial charge in [-0.2, -0.15) is 0 Å². The van der Waals surface area contributed by atoms with Crippen LogP contribution in [0.1, 0.15) is 11.1 Å². The third-order valence-corrected chi connectivity index (χ3v) is 2.67. The molecule has 0 heterocycles. The minimum Gasteiger partial charge on any atom is -0.478 e. The number of benzene rings is 2. The molecule has 0 unspecified atom stereocenters. The van der Waals surface area contributed by atoms with Crippen LogP contribution in [-0.2, 0) is 4.79 Å². The van der Waals surface area contributed by atoms with E-state index in [2.05, 4.69) is 0 Å². The quantitative estimate of drug-likeness (QED) is 0.662. The monoisotopic (exact) mass is 250 g/mol. The largest absolute Gasteiger partial charge is 0.478 e. The normalized spacial score (nSPS) is 10.3. The van der Waals surface area contributed by atoms with Gasteiger partial charge < -0.3 is 5.11 Å². The van der Waals surface area contributed by atoms with E-state index < -0.39 is 5.97 Å². The highest BCUT2D eigenvalue weighted by Crippen LogP contribution is 2.22. The molecule has 0 saturated heterocycles. The minimum atomic E-state index is -0.947. The minimum absolute atomic E-state index is 0.947. The highest BCUT2D eigenvalue weighted by Gasteiger charge is 2.02. The molecule has 0 fully saturated rings. The molecule has 0 aliphatic carbocycles.